The summed E-state index contributed by atoms with van der Waals surface area (Å²) in [4.78, 5) is 24.1. The van der Waals surface area contributed by atoms with Gasteiger partial charge in [-0.25, -0.2) is 0 Å². The lowest BCUT2D eigenvalue weighted by Crippen LogP contribution is -2.48. The smallest absolute Gasteiger partial charge is 0.220 e. The topological polar surface area (TPSA) is 72.2 Å². The van der Waals surface area contributed by atoms with Gasteiger partial charge in [0.1, 0.15) is 0 Å². The van der Waals surface area contributed by atoms with Crippen molar-refractivity contribution in [2.75, 3.05) is 6.54 Å². The summed E-state index contributed by atoms with van der Waals surface area (Å²) in [5.41, 5.74) is 8.55. The fourth-order valence-electron chi connectivity index (χ4n) is 2.77. The van der Waals surface area contributed by atoms with Crippen LogP contribution in [0.15, 0.2) is 18.2 Å². The van der Waals surface area contributed by atoms with Gasteiger partial charge in [-0.3, -0.25) is 9.59 Å². The summed E-state index contributed by atoms with van der Waals surface area (Å²) in [5.74, 6) is -0.0872. The molecule has 0 spiro atoms. The summed E-state index contributed by atoms with van der Waals surface area (Å²) in [6.07, 6.45) is 5.05. The van der Waals surface area contributed by atoms with Crippen LogP contribution in [0.5, 0.6) is 0 Å². The third-order valence-corrected chi connectivity index (χ3v) is 4.24. The minimum atomic E-state index is -0.425. The van der Waals surface area contributed by atoms with Crippen molar-refractivity contribution < 1.29 is 9.59 Å². The van der Waals surface area contributed by atoms with Gasteiger partial charge in [-0.15, -0.1) is 0 Å². The summed E-state index contributed by atoms with van der Waals surface area (Å²) in [5, 5.41) is 2.85. The molecule has 0 saturated heterocycles. The minimum Gasteiger partial charge on any atom is -0.350 e. The largest absolute Gasteiger partial charge is 0.350 e. The number of nitrogens with two attached hydrogens (primary N) is 1. The predicted molar refractivity (Wildman–Crippen MR) is 87.9 cm³/mol. The number of carbonyl (C=O) groups excluding carboxylic acids is 2. The first-order valence-electron chi connectivity index (χ1n) is 8.07. The normalized spacial score (nSPS) is 14.3. The van der Waals surface area contributed by atoms with Gasteiger partial charge in [-0.1, -0.05) is 12.1 Å². The fraction of sp³-hybridized carbons (Fsp3) is 0.556. The molecule has 0 aromatic heterocycles. The highest BCUT2D eigenvalue weighted by molar-refractivity contribution is 5.98. The minimum absolute atomic E-state index is 0.0362. The number of Topliss-reactive ketones (excluding diaryl/α,β-unsaturated/α-hetero) is 1. The number of aryl methyl sites for hydroxylation is 2. The number of amides is 1. The Morgan fingerprint density at radius 2 is 1.82 bits per heavy atom. The van der Waals surface area contributed by atoms with Crippen LogP contribution in [-0.2, 0) is 17.6 Å². The van der Waals surface area contributed by atoms with Crippen molar-refractivity contribution in [3.8, 4) is 0 Å². The third-order valence-electron chi connectivity index (χ3n) is 4.24. The molecule has 0 unspecified atom stereocenters. The fourth-order valence-corrected chi connectivity index (χ4v) is 2.77. The van der Waals surface area contributed by atoms with Crippen molar-refractivity contribution in [3.05, 3.63) is 34.9 Å². The van der Waals surface area contributed by atoms with Crippen LogP contribution < -0.4 is 11.1 Å². The Hall–Kier alpha value is -1.68. The standard InChI is InChI=1S/C18H26N2O2/c1-18(2,12-19)20-17(22)10-9-16(21)15-8-7-13-5-3-4-6-14(13)11-15/h7-8,11H,3-6,9-10,12,19H2,1-2H3,(H,20,22). The van der Waals surface area contributed by atoms with Crippen LogP contribution in [0.1, 0.15) is 61.0 Å². The average Bonchev–Trinajstić information content (AvgIpc) is 2.51. The number of rotatable bonds is 6. The molecule has 0 heterocycles. The second-order valence-corrected chi connectivity index (χ2v) is 6.75. The molecule has 0 saturated carbocycles. The lowest BCUT2D eigenvalue weighted by Gasteiger charge is -2.24. The molecule has 1 amide bonds. The zero-order valence-electron chi connectivity index (χ0n) is 13.6. The van der Waals surface area contributed by atoms with Gasteiger partial charge in [0, 0.05) is 30.5 Å². The van der Waals surface area contributed by atoms with Crippen LogP contribution >= 0.6 is 0 Å². The molecule has 1 aromatic carbocycles. The SMILES string of the molecule is CC(C)(CN)NC(=O)CCC(=O)c1ccc2c(c1)CCCC2. The summed E-state index contributed by atoms with van der Waals surface area (Å²) in [6, 6.07) is 5.98. The van der Waals surface area contributed by atoms with Gasteiger partial charge in [-0.2, -0.15) is 0 Å². The van der Waals surface area contributed by atoms with Gasteiger partial charge in [0.2, 0.25) is 5.91 Å². The van der Waals surface area contributed by atoms with Gasteiger partial charge < -0.3 is 11.1 Å². The highest BCUT2D eigenvalue weighted by atomic mass is 16.2. The molecule has 1 aliphatic rings. The van der Waals surface area contributed by atoms with Crippen molar-refractivity contribution in [1.29, 1.82) is 0 Å². The second-order valence-electron chi connectivity index (χ2n) is 6.75. The van der Waals surface area contributed by atoms with Crippen LogP contribution in [0.3, 0.4) is 0 Å². The summed E-state index contributed by atoms with van der Waals surface area (Å²) < 4.78 is 0. The van der Waals surface area contributed by atoms with Gasteiger partial charge >= 0.3 is 0 Å². The molecule has 4 heteroatoms. The lowest BCUT2D eigenvalue weighted by molar-refractivity contribution is -0.122. The number of carbonyl (C=O) groups is 2. The van der Waals surface area contributed by atoms with Crippen LogP contribution in [0.2, 0.25) is 0 Å². The monoisotopic (exact) mass is 302 g/mol. The maximum absolute atomic E-state index is 12.3. The molecular weight excluding hydrogens is 276 g/mol. The predicted octanol–water partition coefficient (Wildman–Crippen LogP) is 2.38. The maximum atomic E-state index is 12.3. The molecule has 120 valence electrons. The van der Waals surface area contributed by atoms with E-state index in [-0.39, 0.29) is 24.5 Å². The van der Waals surface area contributed by atoms with Crippen LogP contribution in [0.4, 0.5) is 0 Å². The molecule has 0 bridgehead atoms. The Morgan fingerprint density at radius 3 is 2.50 bits per heavy atom. The number of ketones is 1. The van der Waals surface area contributed by atoms with E-state index < -0.39 is 5.54 Å². The number of fused-ring (bicyclic) bond motifs is 1. The Kier molecular flexibility index (Phi) is 5.35. The first kappa shape index (κ1) is 16.7. The Bertz CT molecular complexity index is 564. The number of hydrogen-bond acceptors (Lipinski definition) is 3. The Labute approximate surface area is 132 Å². The van der Waals surface area contributed by atoms with E-state index in [2.05, 4.69) is 11.4 Å². The first-order chi connectivity index (χ1) is 10.4. The number of hydrogen-bond donors (Lipinski definition) is 2. The van der Waals surface area contributed by atoms with Gasteiger partial charge in [-0.05, 0) is 56.7 Å². The van der Waals surface area contributed by atoms with E-state index in [1.165, 1.54) is 24.0 Å². The number of benzene rings is 1. The molecule has 2 rings (SSSR count). The third kappa shape index (κ3) is 4.41. The van der Waals surface area contributed by atoms with Gasteiger partial charge in [0.15, 0.2) is 5.78 Å². The first-order valence-corrected chi connectivity index (χ1v) is 8.07. The molecule has 1 aliphatic carbocycles. The highest BCUT2D eigenvalue weighted by Gasteiger charge is 2.19. The average molecular weight is 302 g/mol. The molecule has 1 aromatic rings. The Morgan fingerprint density at radius 1 is 1.14 bits per heavy atom. The summed E-state index contributed by atoms with van der Waals surface area (Å²) in [7, 11) is 0. The van der Waals surface area contributed by atoms with Crippen molar-refractivity contribution in [3.63, 3.8) is 0 Å². The summed E-state index contributed by atoms with van der Waals surface area (Å²) >= 11 is 0. The van der Waals surface area contributed by atoms with Crippen LogP contribution in [-0.4, -0.2) is 23.8 Å². The van der Waals surface area contributed by atoms with E-state index >= 15 is 0 Å². The maximum Gasteiger partial charge on any atom is 0.220 e. The second kappa shape index (κ2) is 7.05. The van der Waals surface area contributed by atoms with E-state index in [0.29, 0.717) is 6.54 Å². The molecule has 0 fully saturated rings. The van der Waals surface area contributed by atoms with Crippen LogP contribution in [0, 0.1) is 0 Å². The zero-order valence-corrected chi connectivity index (χ0v) is 13.6. The molecule has 3 N–H and O–H groups in total. The highest BCUT2D eigenvalue weighted by Crippen LogP contribution is 2.22. The van der Waals surface area contributed by atoms with Crippen molar-refractivity contribution in [2.45, 2.75) is 57.9 Å². The lowest BCUT2D eigenvalue weighted by atomic mass is 9.89. The molecule has 22 heavy (non-hydrogen) atoms. The summed E-state index contributed by atoms with van der Waals surface area (Å²) in [6.45, 7) is 4.11. The van der Waals surface area contributed by atoms with Gasteiger partial charge in [0.05, 0.1) is 0 Å². The number of nitrogens with one attached hydrogen (secondary N) is 1. The molecule has 4 nitrogen and oxygen atoms in total. The van der Waals surface area contributed by atoms with Crippen molar-refractivity contribution in [2.24, 2.45) is 5.73 Å². The van der Waals surface area contributed by atoms with E-state index in [9.17, 15) is 9.59 Å². The van der Waals surface area contributed by atoms with Crippen LogP contribution in [0.25, 0.3) is 0 Å². The molecular formula is C18H26N2O2. The van der Waals surface area contributed by atoms with Crippen molar-refractivity contribution >= 4 is 11.7 Å². The molecule has 0 atom stereocenters. The quantitative estimate of drug-likeness (QED) is 0.793. The van der Waals surface area contributed by atoms with Gasteiger partial charge in [0.25, 0.3) is 0 Å². The van der Waals surface area contributed by atoms with E-state index in [4.69, 9.17) is 5.73 Å². The molecule has 0 radical (unpaired) electrons. The molecule has 0 aliphatic heterocycles. The van der Waals surface area contributed by atoms with Crippen molar-refractivity contribution in [1.82, 2.24) is 5.32 Å². The zero-order chi connectivity index (χ0) is 16.2. The Balaban J connectivity index is 1.91. The van der Waals surface area contributed by atoms with E-state index in [1.54, 1.807) is 0 Å². The van der Waals surface area contributed by atoms with E-state index in [1.807, 2.05) is 26.0 Å². The van der Waals surface area contributed by atoms with E-state index in [0.717, 1.165) is 18.4 Å².